The molecule has 0 bridgehead atoms. The summed E-state index contributed by atoms with van der Waals surface area (Å²) in [6.45, 7) is 5.38. The third kappa shape index (κ3) is 3.84. The standard InChI is InChI=1S/C26H22F2N6O/c1-14-11-18(12-15(2)30-14)22-23(17-7-5-4-6-8-17)31-25(29)33-24(22)32-34(26(33)35)16(3)20-10-9-19(27)13-21(20)28/h4-13,16H,1-3H3,(H2,29,31). The molecule has 0 aliphatic carbocycles. The minimum Gasteiger partial charge on any atom is -0.369 e. The molecule has 0 amide bonds. The number of hydrogen-bond donors (Lipinski definition) is 1. The van der Waals surface area contributed by atoms with Crippen molar-refractivity contribution in [3.05, 3.63) is 99.7 Å². The Bertz CT molecular complexity index is 1620. The SMILES string of the molecule is Cc1cc(-c2c(-c3ccccc3)nc(N)n3c(=O)n(C(C)c4ccc(F)cc4F)nc23)cc(C)n1. The van der Waals surface area contributed by atoms with Crippen molar-refractivity contribution in [2.75, 3.05) is 5.73 Å². The lowest BCUT2D eigenvalue weighted by molar-refractivity contribution is 0.501. The molecule has 5 rings (SSSR count). The number of nitrogens with two attached hydrogens (primary N) is 1. The van der Waals surface area contributed by atoms with Crippen molar-refractivity contribution in [1.82, 2.24) is 24.1 Å². The van der Waals surface area contributed by atoms with Gasteiger partial charge in [-0.2, -0.15) is 0 Å². The summed E-state index contributed by atoms with van der Waals surface area (Å²) in [6.07, 6.45) is 0. The van der Waals surface area contributed by atoms with E-state index in [9.17, 15) is 13.6 Å². The lowest BCUT2D eigenvalue weighted by Crippen LogP contribution is -2.26. The predicted octanol–water partition coefficient (Wildman–Crippen LogP) is 4.71. The number of benzene rings is 2. The highest BCUT2D eigenvalue weighted by atomic mass is 19.1. The molecule has 35 heavy (non-hydrogen) atoms. The van der Waals surface area contributed by atoms with Gasteiger partial charge < -0.3 is 5.73 Å². The smallest absolute Gasteiger partial charge is 0.353 e. The number of aryl methyl sites for hydroxylation is 2. The zero-order chi connectivity index (χ0) is 24.9. The van der Waals surface area contributed by atoms with E-state index in [1.54, 1.807) is 6.92 Å². The monoisotopic (exact) mass is 472 g/mol. The average Bonchev–Trinajstić information content (AvgIpc) is 3.16. The van der Waals surface area contributed by atoms with Crippen LogP contribution in [-0.4, -0.2) is 24.1 Å². The molecule has 5 aromatic rings. The van der Waals surface area contributed by atoms with E-state index in [1.807, 2.05) is 56.3 Å². The summed E-state index contributed by atoms with van der Waals surface area (Å²) in [5, 5.41) is 4.60. The molecular weight excluding hydrogens is 450 g/mol. The molecule has 9 heteroatoms. The van der Waals surface area contributed by atoms with Gasteiger partial charge in [0.25, 0.3) is 0 Å². The first-order chi connectivity index (χ1) is 16.7. The van der Waals surface area contributed by atoms with Crippen molar-refractivity contribution in [1.29, 1.82) is 0 Å². The van der Waals surface area contributed by atoms with Crippen LogP contribution in [0.3, 0.4) is 0 Å². The Hall–Kier alpha value is -4.40. The highest BCUT2D eigenvalue weighted by Gasteiger charge is 2.25. The number of fused-ring (bicyclic) bond motifs is 1. The Kier molecular flexibility index (Phi) is 5.39. The summed E-state index contributed by atoms with van der Waals surface area (Å²) in [5.41, 5.74) is 10.4. The minimum atomic E-state index is -0.823. The fourth-order valence-electron chi connectivity index (χ4n) is 4.35. The normalized spacial score (nSPS) is 12.3. The van der Waals surface area contributed by atoms with Crippen LogP contribution in [0, 0.1) is 25.5 Å². The summed E-state index contributed by atoms with van der Waals surface area (Å²) in [6, 6.07) is 15.6. The van der Waals surface area contributed by atoms with Gasteiger partial charge >= 0.3 is 5.69 Å². The van der Waals surface area contributed by atoms with E-state index in [4.69, 9.17) is 5.73 Å². The van der Waals surface area contributed by atoms with Crippen molar-refractivity contribution in [3.63, 3.8) is 0 Å². The van der Waals surface area contributed by atoms with Gasteiger partial charge in [0.2, 0.25) is 5.95 Å². The van der Waals surface area contributed by atoms with Crippen molar-refractivity contribution >= 4 is 11.6 Å². The van der Waals surface area contributed by atoms with E-state index >= 15 is 0 Å². The first-order valence-electron chi connectivity index (χ1n) is 11.0. The van der Waals surface area contributed by atoms with Gasteiger partial charge in [0, 0.05) is 28.6 Å². The topological polar surface area (TPSA) is 91.1 Å². The molecule has 3 aromatic heterocycles. The van der Waals surface area contributed by atoms with E-state index in [1.165, 1.54) is 10.5 Å². The number of pyridine rings is 1. The number of hydrogen-bond acceptors (Lipinski definition) is 5. The summed E-state index contributed by atoms with van der Waals surface area (Å²) in [7, 11) is 0. The Morgan fingerprint density at radius 1 is 0.914 bits per heavy atom. The van der Waals surface area contributed by atoms with Gasteiger partial charge in [-0.05, 0) is 44.5 Å². The third-order valence-electron chi connectivity index (χ3n) is 5.91. The third-order valence-corrected chi connectivity index (χ3v) is 5.91. The molecule has 1 atom stereocenters. The maximum absolute atomic E-state index is 14.5. The van der Waals surface area contributed by atoms with Crippen molar-refractivity contribution in [3.8, 4) is 22.4 Å². The maximum atomic E-state index is 14.5. The van der Waals surface area contributed by atoms with Gasteiger partial charge in [0.15, 0.2) is 5.65 Å². The van der Waals surface area contributed by atoms with Gasteiger partial charge in [0.1, 0.15) is 11.6 Å². The van der Waals surface area contributed by atoms with Crippen LogP contribution in [0.4, 0.5) is 14.7 Å². The van der Waals surface area contributed by atoms with Crippen LogP contribution in [0.5, 0.6) is 0 Å². The second kappa shape index (κ2) is 8.43. The van der Waals surface area contributed by atoms with Crippen molar-refractivity contribution < 1.29 is 8.78 Å². The van der Waals surface area contributed by atoms with Gasteiger partial charge in [0.05, 0.1) is 17.3 Å². The van der Waals surface area contributed by atoms with Crippen LogP contribution in [0.25, 0.3) is 28.0 Å². The Balaban J connectivity index is 1.85. The number of anilines is 1. The van der Waals surface area contributed by atoms with E-state index in [-0.39, 0.29) is 17.2 Å². The van der Waals surface area contributed by atoms with Crippen molar-refractivity contribution in [2.24, 2.45) is 0 Å². The van der Waals surface area contributed by atoms with Crippen LogP contribution in [0.1, 0.15) is 29.9 Å². The first-order valence-corrected chi connectivity index (χ1v) is 11.0. The Morgan fingerprint density at radius 2 is 1.60 bits per heavy atom. The molecule has 0 saturated carbocycles. The Labute approximate surface area is 199 Å². The first kappa shape index (κ1) is 22.4. The van der Waals surface area contributed by atoms with Crippen LogP contribution >= 0.6 is 0 Å². The molecule has 0 aliphatic rings. The van der Waals surface area contributed by atoms with Crippen molar-refractivity contribution in [2.45, 2.75) is 26.8 Å². The zero-order valence-corrected chi connectivity index (χ0v) is 19.3. The minimum absolute atomic E-state index is 0.0480. The van der Waals surface area contributed by atoms with E-state index in [0.29, 0.717) is 11.3 Å². The highest BCUT2D eigenvalue weighted by Crippen LogP contribution is 2.35. The Morgan fingerprint density at radius 3 is 2.26 bits per heavy atom. The fourth-order valence-corrected chi connectivity index (χ4v) is 4.35. The lowest BCUT2D eigenvalue weighted by Gasteiger charge is -2.13. The molecular formula is C26H22F2N6O. The molecule has 0 spiro atoms. The molecule has 176 valence electrons. The van der Waals surface area contributed by atoms with Gasteiger partial charge in [-0.15, -0.1) is 5.10 Å². The average molecular weight is 472 g/mol. The fraction of sp³-hybridized carbons (Fsp3) is 0.154. The number of aromatic nitrogens is 5. The molecule has 1 unspecified atom stereocenters. The molecule has 0 fully saturated rings. The summed E-state index contributed by atoms with van der Waals surface area (Å²) >= 11 is 0. The van der Waals surface area contributed by atoms with Crippen LogP contribution in [0.2, 0.25) is 0 Å². The lowest BCUT2D eigenvalue weighted by atomic mass is 9.99. The predicted molar refractivity (Wildman–Crippen MR) is 130 cm³/mol. The van der Waals surface area contributed by atoms with Crippen LogP contribution in [0.15, 0.2) is 65.5 Å². The summed E-state index contributed by atoms with van der Waals surface area (Å²) in [4.78, 5) is 22.5. The molecule has 7 nitrogen and oxygen atoms in total. The van der Waals surface area contributed by atoms with E-state index in [0.717, 1.165) is 39.3 Å². The number of nitrogens with zero attached hydrogens (tertiary/aromatic N) is 5. The molecule has 0 saturated heterocycles. The molecule has 3 heterocycles. The number of rotatable bonds is 4. The van der Waals surface area contributed by atoms with E-state index < -0.39 is 23.4 Å². The zero-order valence-electron chi connectivity index (χ0n) is 19.3. The highest BCUT2D eigenvalue weighted by molar-refractivity contribution is 5.90. The van der Waals surface area contributed by atoms with Crippen LogP contribution in [-0.2, 0) is 0 Å². The summed E-state index contributed by atoms with van der Waals surface area (Å²) in [5.74, 6) is -1.52. The molecule has 2 N–H and O–H groups in total. The number of halogens is 2. The number of nitrogen functional groups attached to an aromatic ring is 1. The second-order valence-corrected chi connectivity index (χ2v) is 8.43. The van der Waals surface area contributed by atoms with Gasteiger partial charge in [-0.1, -0.05) is 36.4 Å². The van der Waals surface area contributed by atoms with E-state index in [2.05, 4.69) is 15.1 Å². The quantitative estimate of drug-likeness (QED) is 0.409. The summed E-state index contributed by atoms with van der Waals surface area (Å²) < 4.78 is 30.4. The second-order valence-electron chi connectivity index (χ2n) is 8.43. The van der Waals surface area contributed by atoms with Gasteiger partial charge in [-0.3, -0.25) is 4.98 Å². The molecule has 2 aromatic carbocycles. The van der Waals surface area contributed by atoms with Crippen LogP contribution < -0.4 is 11.4 Å². The van der Waals surface area contributed by atoms with Gasteiger partial charge in [-0.25, -0.2) is 27.6 Å². The largest absolute Gasteiger partial charge is 0.369 e. The maximum Gasteiger partial charge on any atom is 0.353 e. The molecule has 0 radical (unpaired) electrons. The molecule has 0 aliphatic heterocycles.